The first-order chi connectivity index (χ1) is 7.58. The van der Waals surface area contributed by atoms with Gasteiger partial charge in [-0.1, -0.05) is 17.7 Å². The van der Waals surface area contributed by atoms with Crippen molar-refractivity contribution in [3.05, 3.63) is 33.3 Å². The Balaban J connectivity index is 2.12. The molecular formula is C12H12BrClO2. The van der Waals surface area contributed by atoms with Crippen LogP contribution in [0.5, 0.6) is 0 Å². The molecule has 1 atom stereocenters. The molecule has 0 aliphatic heterocycles. The average molecular weight is 304 g/mol. The van der Waals surface area contributed by atoms with Crippen LogP contribution in [0.25, 0.3) is 0 Å². The lowest BCUT2D eigenvalue weighted by Gasteiger charge is -2.11. The van der Waals surface area contributed by atoms with Gasteiger partial charge in [-0.2, -0.15) is 0 Å². The quantitative estimate of drug-likeness (QED) is 0.919. The van der Waals surface area contributed by atoms with E-state index in [1.807, 2.05) is 12.1 Å². The fourth-order valence-electron chi connectivity index (χ4n) is 1.87. The Morgan fingerprint density at radius 1 is 1.56 bits per heavy atom. The molecule has 0 saturated heterocycles. The van der Waals surface area contributed by atoms with Crippen LogP contribution in [-0.4, -0.2) is 11.1 Å². The summed E-state index contributed by atoms with van der Waals surface area (Å²) < 4.78 is 0.826. The van der Waals surface area contributed by atoms with Gasteiger partial charge in [-0.25, -0.2) is 0 Å². The molecule has 4 heteroatoms. The second kappa shape index (κ2) is 4.76. The Labute approximate surface area is 108 Å². The molecule has 1 aromatic carbocycles. The third-order valence-electron chi connectivity index (χ3n) is 2.95. The number of aliphatic carboxylic acids is 1. The minimum Gasteiger partial charge on any atom is -0.481 e. The molecule has 2 rings (SSSR count). The molecule has 1 aliphatic carbocycles. The largest absolute Gasteiger partial charge is 0.481 e. The molecule has 1 aromatic rings. The lowest BCUT2D eigenvalue weighted by Crippen LogP contribution is -2.18. The minimum absolute atomic E-state index is 0.243. The predicted octanol–water partition coefficient (Wildman–Crippen LogP) is 3.76. The molecule has 0 heterocycles. The molecule has 0 bridgehead atoms. The van der Waals surface area contributed by atoms with Crippen LogP contribution >= 0.6 is 27.5 Å². The van der Waals surface area contributed by atoms with Crippen LogP contribution in [0.3, 0.4) is 0 Å². The van der Waals surface area contributed by atoms with Crippen LogP contribution in [0.2, 0.25) is 5.02 Å². The summed E-state index contributed by atoms with van der Waals surface area (Å²) in [7, 11) is 0. The summed E-state index contributed by atoms with van der Waals surface area (Å²) in [6.07, 6.45) is 2.69. The van der Waals surface area contributed by atoms with Crippen molar-refractivity contribution in [2.45, 2.75) is 19.3 Å². The maximum atomic E-state index is 11.1. The number of benzene rings is 1. The number of hydrogen-bond acceptors (Lipinski definition) is 1. The normalized spacial score (nSPS) is 17.1. The Hall–Kier alpha value is -0.540. The molecule has 0 radical (unpaired) electrons. The van der Waals surface area contributed by atoms with E-state index in [0.717, 1.165) is 22.9 Å². The molecule has 1 saturated carbocycles. The third kappa shape index (κ3) is 2.77. The second-order valence-electron chi connectivity index (χ2n) is 4.23. The zero-order chi connectivity index (χ0) is 11.7. The zero-order valence-electron chi connectivity index (χ0n) is 8.62. The highest BCUT2D eigenvalue weighted by Crippen LogP contribution is 2.39. The van der Waals surface area contributed by atoms with Gasteiger partial charge in [0.15, 0.2) is 0 Å². The van der Waals surface area contributed by atoms with E-state index in [1.165, 1.54) is 0 Å². The molecule has 0 amide bonds. The molecule has 1 unspecified atom stereocenters. The summed E-state index contributed by atoms with van der Waals surface area (Å²) >= 11 is 9.24. The van der Waals surface area contributed by atoms with Gasteiger partial charge in [-0.3, -0.25) is 4.79 Å². The first kappa shape index (κ1) is 11.9. The van der Waals surface area contributed by atoms with Crippen LogP contribution in [0.15, 0.2) is 22.7 Å². The molecule has 86 valence electrons. The van der Waals surface area contributed by atoms with Gasteiger partial charge in [0.1, 0.15) is 0 Å². The van der Waals surface area contributed by atoms with Crippen molar-refractivity contribution in [3.8, 4) is 0 Å². The van der Waals surface area contributed by atoms with E-state index in [9.17, 15) is 4.79 Å². The molecular weight excluding hydrogens is 291 g/mol. The summed E-state index contributed by atoms with van der Waals surface area (Å²) in [6, 6.07) is 5.60. The SMILES string of the molecule is O=C(O)C(Cc1ccc(Cl)c(Br)c1)C1CC1. The van der Waals surface area contributed by atoms with Gasteiger partial charge < -0.3 is 5.11 Å². The Kier molecular flexibility index (Phi) is 3.55. The minimum atomic E-state index is -0.687. The average Bonchev–Trinajstić information content (AvgIpc) is 3.03. The van der Waals surface area contributed by atoms with Gasteiger partial charge in [-0.15, -0.1) is 0 Å². The van der Waals surface area contributed by atoms with Crippen molar-refractivity contribution in [1.29, 1.82) is 0 Å². The van der Waals surface area contributed by atoms with E-state index in [1.54, 1.807) is 6.07 Å². The molecule has 0 aromatic heterocycles. The van der Waals surface area contributed by atoms with E-state index in [0.29, 0.717) is 17.4 Å². The zero-order valence-corrected chi connectivity index (χ0v) is 11.0. The smallest absolute Gasteiger partial charge is 0.307 e. The molecule has 16 heavy (non-hydrogen) atoms. The molecule has 0 spiro atoms. The lowest BCUT2D eigenvalue weighted by atomic mass is 9.95. The van der Waals surface area contributed by atoms with Crippen LogP contribution < -0.4 is 0 Å². The predicted molar refractivity (Wildman–Crippen MR) is 66.7 cm³/mol. The molecule has 1 aliphatic rings. The van der Waals surface area contributed by atoms with Crippen molar-refractivity contribution in [3.63, 3.8) is 0 Å². The molecule has 1 N–H and O–H groups in total. The first-order valence-electron chi connectivity index (χ1n) is 5.24. The van der Waals surface area contributed by atoms with Crippen molar-refractivity contribution in [1.82, 2.24) is 0 Å². The fourth-order valence-corrected chi connectivity index (χ4v) is 2.42. The van der Waals surface area contributed by atoms with Gasteiger partial charge in [0.2, 0.25) is 0 Å². The number of carboxylic acids is 1. The summed E-state index contributed by atoms with van der Waals surface area (Å²) in [6.45, 7) is 0. The number of halogens is 2. The van der Waals surface area contributed by atoms with Crippen molar-refractivity contribution < 1.29 is 9.90 Å². The van der Waals surface area contributed by atoms with E-state index in [-0.39, 0.29) is 5.92 Å². The molecule has 2 nitrogen and oxygen atoms in total. The van der Waals surface area contributed by atoms with E-state index in [2.05, 4.69) is 15.9 Å². The fraction of sp³-hybridized carbons (Fsp3) is 0.417. The maximum Gasteiger partial charge on any atom is 0.307 e. The molecule has 1 fully saturated rings. The van der Waals surface area contributed by atoms with Gasteiger partial charge in [0.05, 0.1) is 10.9 Å². The Morgan fingerprint density at radius 3 is 2.75 bits per heavy atom. The van der Waals surface area contributed by atoms with E-state index < -0.39 is 5.97 Å². The number of carbonyl (C=O) groups is 1. The first-order valence-corrected chi connectivity index (χ1v) is 6.41. The van der Waals surface area contributed by atoms with Crippen LogP contribution in [0.4, 0.5) is 0 Å². The van der Waals surface area contributed by atoms with Crippen LogP contribution in [-0.2, 0) is 11.2 Å². The van der Waals surface area contributed by atoms with Gasteiger partial charge in [-0.05, 0) is 58.8 Å². The highest BCUT2D eigenvalue weighted by atomic mass is 79.9. The van der Waals surface area contributed by atoms with E-state index in [4.69, 9.17) is 16.7 Å². The maximum absolute atomic E-state index is 11.1. The van der Waals surface area contributed by atoms with Gasteiger partial charge >= 0.3 is 5.97 Å². The topological polar surface area (TPSA) is 37.3 Å². The van der Waals surface area contributed by atoms with Crippen molar-refractivity contribution in [2.75, 3.05) is 0 Å². The number of rotatable bonds is 4. The summed E-state index contributed by atoms with van der Waals surface area (Å²) in [5, 5.41) is 9.79. The summed E-state index contributed by atoms with van der Waals surface area (Å²) in [4.78, 5) is 11.1. The van der Waals surface area contributed by atoms with Gasteiger partial charge in [0.25, 0.3) is 0 Å². The standard InChI is InChI=1S/C12H12BrClO2/c13-10-6-7(1-4-11(10)14)5-9(12(15)16)8-2-3-8/h1,4,6,8-9H,2-3,5H2,(H,15,16). The lowest BCUT2D eigenvalue weighted by molar-refractivity contribution is -0.142. The summed E-state index contributed by atoms with van der Waals surface area (Å²) in [5.41, 5.74) is 1.02. The van der Waals surface area contributed by atoms with Gasteiger partial charge in [0, 0.05) is 4.47 Å². The van der Waals surface area contributed by atoms with Crippen molar-refractivity contribution >= 4 is 33.5 Å². The summed E-state index contributed by atoms with van der Waals surface area (Å²) in [5.74, 6) is -0.561. The Morgan fingerprint density at radius 2 is 2.25 bits per heavy atom. The highest BCUT2D eigenvalue weighted by Gasteiger charge is 2.36. The Bertz CT molecular complexity index is 415. The van der Waals surface area contributed by atoms with Crippen LogP contribution in [0, 0.1) is 11.8 Å². The van der Waals surface area contributed by atoms with Crippen molar-refractivity contribution in [2.24, 2.45) is 11.8 Å². The highest BCUT2D eigenvalue weighted by molar-refractivity contribution is 9.10. The third-order valence-corrected chi connectivity index (χ3v) is 4.16. The monoisotopic (exact) mass is 302 g/mol. The van der Waals surface area contributed by atoms with Crippen LogP contribution in [0.1, 0.15) is 18.4 Å². The van der Waals surface area contributed by atoms with E-state index >= 15 is 0 Å². The number of hydrogen-bond donors (Lipinski definition) is 1. The second-order valence-corrected chi connectivity index (χ2v) is 5.50. The number of carboxylic acid groups (broad SMARTS) is 1.